The number of hydrogen-bond acceptors (Lipinski definition) is 5. The van der Waals surface area contributed by atoms with Gasteiger partial charge in [-0.25, -0.2) is 9.97 Å². The van der Waals surface area contributed by atoms with E-state index in [9.17, 15) is 0 Å². The Morgan fingerprint density at radius 2 is 2.21 bits per heavy atom. The van der Waals surface area contributed by atoms with Crippen molar-refractivity contribution in [2.45, 2.75) is 26.5 Å². The van der Waals surface area contributed by atoms with Crippen LogP contribution in [0, 0.1) is 3.57 Å². The zero-order valence-electron chi connectivity index (χ0n) is 10.9. The van der Waals surface area contributed by atoms with E-state index in [1.165, 1.54) is 0 Å². The van der Waals surface area contributed by atoms with E-state index < -0.39 is 0 Å². The molecule has 0 aliphatic rings. The fourth-order valence-corrected chi connectivity index (χ4v) is 2.17. The Bertz CT molecular complexity index is 569. The van der Waals surface area contributed by atoms with Crippen molar-refractivity contribution in [3.63, 3.8) is 0 Å². The lowest BCUT2D eigenvalue weighted by molar-refractivity contribution is 0.181. The normalized spacial score (nSPS) is 10.9. The monoisotopic (exact) mass is 373 g/mol. The van der Waals surface area contributed by atoms with E-state index in [-0.39, 0.29) is 0 Å². The molecule has 0 aromatic carbocycles. The molecule has 0 radical (unpaired) electrons. The fourth-order valence-electron chi connectivity index (χ4n) is 1.77. The third-order valence-electron chi connectivity index (χ3n) is 2.61. The van der Waals surface area contributed by atoms with E-state index in [4.69, 9.17) is 10.5 Å². The lowest BCUT2D eigenvalue weighted by atomic mass is 10.3. The van der Waals surface area contributed by atoms with Crippen molar-refractivity contribution in [1.82, 2.24) is 19.7 Å². The summed E-state index contributed by atoms with van der Waals surface area (Å²) in [7, 11) is 1.63. The molecule has 102 valence electrons. The van der Waals surface area contributed by atoms with E-state index in [0.717, 1.165) is 27.9 Å². The highest BCUT2D eigenvalue weighted by molar-refractivity contribution is 14.1. The van der Waals surface area contributed by atoms with E-state index in [1.807, 2.05) is 10.7 Å². The molecule has 0 spiro atoms. The van der Waals surface area contributed by atoms with E-state index >= 15 is 0 Å². The SMILES string of the molecule is CCCn1nccc1-c1nc(N)c(I)c(COC)n1. The number of nitrogen functional groups attached to an aromatic ring is 1. The maximum Gasteiger partial charge on any atom is 0.180 e. The summed E-state index contributed by atoms with van der Waals surface area (Å²) in [6.45, 7) is 3.35. The number of nitrogens with two attached hydrogens (primary N) is 1. The van der Waals surface area contributed by atoms with Crippen LogP contribution in [0.4, 0.5) is 5.82 Å². The van der Waals surface area contributed by atoms with E-state index in [0.29, 0.717) is 18.2 Å². The Kier molecular flexibility index (Phi) is 4.70. The molecule has 7 heteroatoms. The lowest BCUT2D eigenvalue weighted by Gasteiger charge is -2.09. The average molecular weight is 373 g/mol. The molecule has 0 amide bonds. The molecule has 0 bridgehead atoms. The molecular weight excluding hydrogens is 357 g/mol. The number of halogens is 1. The largest absolute Gasteiger partial charge is 0.383 e. The van der Waals surface area contributed by atoms with Gasteiger partial charge in [0, 0.05) is 19.9 Å². The van der Waals surface area contributed by atoms with Gasteiger partial charge in [0.05, 0.1) is 15.9 Å². The summed E-state index contributed by atoms with van der Waals surface area (Å²) >= 11 is 2.14. The van der Waals surface area contributed by atoms with Crippen LogP contribution in [0.5, 0.6) is 0 Å². The van der Waals surface area contributed by atoms with Crippen molar-refractivity contribution in [3.05, 3.63) is 21.5 Å². The second kappa shape index (κ2) is 6.29. The van der Waals surface area contributed by atoms with Crippen LogP contribution >= 0.6 is 22.6 Å². The molecule has 0 aliphatic carbocycles. The van der Waals surface area contributed by atoms with Crippen LogP contribution in [-0.2, 0) is 17.9 Å². The molecule has 2 aromatic rings. The van der Waals surface area contributed by atoms with Crippen LogP contribution in [0.3, 0.4) is 0 Å². The number of rotatable bonds is 5. The van der Waals surface area contributed by atoms with Crippen LogP contribution in [0.15, 0.2) is 12.3 Å². The quantitative estimate of drug-likeness (QED) is 0.812. The molecule has 6 nitrogen and oxygen atoms in total. The summed E-state index contributed by atoms with van der Waals surface area (Å²) in [4.78, 5) is 8.87. The van der Waals surface area contributed by atoms with Gasteiger partial charge in [0.15, 0.2) is 5.82 Å². The third-order valence-corrected chi connectivity index (χ3v) is 3.78. The van der Waals surface area contributed by atoms with Crippen molar-refractivity contribution in [2.75, 3.05) is 12.8 Å². The Morgan fingerprint density at radius 3 is 2.89 bits per heavy atom. The number of hydrogen-bond donors (Lipinski definition) is 1. The highest BCUT2D eigenvalue weighted by Gasteiger charge is 2.14. The minimum absolute atomic E-state index is 0.417. The van der Waals surface area contributed by atoms with Crippen LogP contribution in [-0.4, -0.2) is 26.9 Å². The molecule has 0 atom stereocenters. The van der Waals surface area contributed by atoms with E-state index in [2.05, 4.69) is 44.6 Å². The van der Waals surface area contributed by atoms with Gasteiger partial charge in [-0.1, -0.05) is 6.92 Å². The summed E-state index contributed by atoms with van der Waals surface area (Å²) in [5.41, 5.74) is 7.62. The van der Waals surface area contributed by atoms with Gasteiger partial charge >= 0.3 is 0 Å². The first-order valence-corrected chi connectivity index (χ1v) is 7.08. The summed E-state index contributed by atoms with van der Waals surface area (Å²) in [6, 6.07) is 1.90. The first-order chi connectivity index (χ1) is 9.17. The minimum Gasteiger partial charge on any atom is -0.383 e. The smallest absolute Gasteiger partial charge is 0.180 e. The number of anilines is 1. The van der Waals surface area contributed by atoms with Gasteiger partial charge in [-0.3, -0.25) is 4.68 Å². The Balaban J connectivity index is 2.47. The molecule has 0 saturated carbocycles. The molecule has 2 N–H and O–H groups in total. The molecule has 19 heavy (non-hydrogen) atoms. The highest BCUT2D eigenvalue weighted by atomic mass is 127. The predicted octanol–water partition coefficient (Wildman–Crippen LogP) is 2.08. The van der Waals surface area contributed by atoms with Gasteiger partial charge in [0.25, 0.3) is 0 Å². The van der Waals surface area contributed by atoms with E-state index in [1.54, 1.807) is 13.3 Å². The number of methoxy groups -OCH3 is 1. The average Bonchev–Trinajstić information content (AvgIpc) is 2.84. The summed E-state index contributed by atoms with van der Waals surface area (Å²) in [6.07, 6.45) is 2.75. The highest BCUT2D eigenvalue weighted by Crippen LogP contribution is 2.22. The van der Waals surface area contributed by atoms with Crippen LogP contribution in [0.1, 0.15) is 19.0 Å². The van der Waals surface area contributed by atoms with Gasteiger partial charge < -0.3 is 10.5 Å². The van der Waals surface area contributed by atoms with Crippen molar-refractivity contribution < 1.29 is 4.74 Å². The third kappa shape index (κ3) is 3.03. The number of aromatic nitrogens is 4. The van der Waals surface area contributed by atoms with Gasteiger partial charge in [0.1, 0.15) is 11.5 Å². The molecular formula is C12H16IN5O. The topological polar surface area (TPSA) is 78.9 Å². The first-order valence-electron chi connectivity index (χ1n) is 6.00. The number of aryl methyl sites for hydroxylation is 1. The van der Waals surface area contributed by atoms with Crippen molar-refractivity contribution in [1.29, 1.82) is 0 Å². The molecule has 0 saturated heterocycles. The summed E-state index contributed by atoms with van der Waals surface area (Å²) < 4.78 is 7.87. The first kappa shape index (κ1) is 14.2. The maximum atomic E-state index is 5.94. The molecule has 0 unspecified atom stereocenters. The predicted molar refractivity (Wildman–Crippen MR) is 81.4 cm³/mol. The molecule has 0 fully saturated rings. The summed E-state index contributed by atoms with van der Waals surface area (Å²) in [5.74, 6) is 1.07. The molecule has 2 rings (SSSR count). The van der Waals surface area contributed by atoms with Crippen LogP contribution < -0.4 is 5.73 Å². The molecule has 2 heterocycles. The second-order valence-corrected chi connectivity index (χ2v) is 5.14. The maximum absolute atomic E-state index is 5.94. The minimum atomic E-state index is 0.417. The number of nitrogens with zero attached hydrogens (tertiary/aromatic N) is 4. The second-order valence-electron chi connectivity index (χ2n) is 4.07. The van der Waals surface area contributed by atoms with Gasteiger partial charge in [-0.2, -0.15) is 5.10 Å². The Labute approximate surface area is 125 Å². The van der Waals surface area contributed by atoms with Crippen LogP contribution in [0.25, 0.3) is 11.5 Å². The number of ether oxygens (including phenoxy) is 1. The lowest BCUT2D eigenvalue weighted by Crippen LogP contribution is -2.09. The zero-order chi connectivity index (χ0) is 13.8. The summed E-state index contributed by atoms with van der Waals surface area (Å²) in [5, 5.41) is 4.27. The molecule has 2 aromatic heterocycles. The van der Waals surface area contributed by atoms with Gasteiger partial charge in [-0.15, -0.1) is 0 Å². The Hall–Kier alpha value is -1.22. The Morgan fingerprint density at radius 1 is 1.42 bits per heavy atom. The van der Waals surface area contributed by atoms with Gasteiger partial charge in [-0.05, 0) is 35.1 Å². The molecule has 0 aliphatic heterocycles. The van der Waals surface area contributed by atoms with Gasteiger partial charge in [0.2, 0.25) is 0 Å². The standard InChI is InChI=1S/C12H16IN5O/c1-3-6-18-9(4-5-15-18)12-16-8(7-19-2)10(13)11(14)17-12/h4-5H,3,6-7H2,1-2H3,(H2,14,16,17). The van der Waals surface area contributed by atoms with Crippen molar-refractivity contribution >= 4 is 28.4 Å². The fraction of sp³-hybridized carbons (Fsp3) is 0.417. The van der Waals surface area contributed by atoms with Crippen LogP contribution in [0.2, 0.25) is 0 Å². The van der Waals surface area contributed by atoms with Crippen molar-refractivity contribution in [2.24, 2.45) is 0 Å². The zero-order valence-corrected chi connectivity index (χ0v) is 13.1. The van der Waals surface area contributed by atoms with Crippen molar-refractivity contribution in [3.8, 4) is 11.5 Å².